The van der Waals surface area contributed by atoms with Crippen LogP contribution in [0.15, 0.2) is 36.5 Å². The quantitative estimate of drug-likeness (QED) is 0.478. The standard InChI is InChI=1S/C15H12INO4/c1-9(18)11-6-13(17-7-11)15(20)21-8-14(19)10-2-4-12(16)5-3-10/h2-7,17H,8H2,1H3. The third-order valence-corrected chi connectivity index (χ3v) is 3.53. The lowest BCUT2D eigenvalue weighted by molar-refractivity contribution is 0.0469. The molecule has 1 aromatic heterocycles. The number of H-pyrrole nitrogens is 1. The molecular weight excluding hydrogens is 385 g/mol. The maximum Gasteiger partial charge on any atom is 0.355 e. The first kappa shape index (κ1) is 15.4. The van der Waals surface area contributed by atoms with Gasteiger partial charge in [-0.2, -0.15) is 0 Å². The van der Waals surface area contributed by atoms with Gasteiger partial charge in [0.15, 0.2) is 18.2 Å². The van der Waals surface area contributed by atoms with E-state index in [0.29, 0.717) is 11.1 Å². The molecular formula is C15H12INO4. The summed E-state index contributed by atoms with van der Waals surface area (Å²) in [7, 11) is 0. The minimum atomic E-state index is -0.665. The zero-order valence-electron chi connectivity index (χ0n) is 11.2. The van der Waals surface area contributed by atoms with E-state index in [2.05, 4.69) is 27.6 Å². The lowest BCUT2D eigenvalue weighted by atomic mass is 10.1. The van der Waals surface area contributed by atoms with Gasteiger partial charge in [-0.1, -0.05) is 12.1 Å². The highest BCUT2D eigenvalue weighted by molar-refractivity contribution is 14.1. The number of benzene rings is 1. The topological polar surface area (TPSA) is 76.2 Å². The fourth-order valence-corrected chi connectivity index (χ4v) is 2.00. The lowest BCUT2D eigenvalue weighted by Crippen LogP contribution is -2.14. The molecule has 1 N–H and O–H groups in total. The first-order valence-corrected chi connectivity index (χ1v) is 7.20. The zero-order valence-corrected chi connectivity index (χ0v) is 13.3. The summed E-state index contributed by atoms with van der Waals surface area (Å²) in [6, 6.07) is 8.38. The Balaban J connectivity index is 1.95. The Bertz CT molecular complexity index is 688. The second-order valence-corrected chi connectivity index (χ2v) is 5.61. The number of nitrogens with one attached hydrogen (secondary N) is 1. The van der Waals surface area contributed by atoms with E-state index >= 15 is 0 Å². The highest BCUT2D eigenvalue weighted by Crippen LogP contribution is 2.09. The average Bonchev–Trinajstić information content (AvgIpc) is 2.95. The van der Waals surface area contributed by atoms with Crippen molar-refractivity contribution in [1.82, 2.24) is 4.98 Å². The molecule has 0 aliphatic carbocycles. The molecule has 0 atom stereocenters. The molecule has 21 heavy (non-hydrogen) atoms. The van der Waals surface area contributed by atoms with Crippen molar-refractivity contribution in [3.63, 3.8) is 0 Å². The van der Waals surface area contributed by atoms with Crippen molar-refractivity contribution in [1.29, 1.82) is 0 Å². The predicted molar refractivity (Wildman–Crippen MR) is 84.6 cm³/mol. The van der Waals surface area contributed by atoms with Crippen LogP contribution in [0.5, 0.6) is 0 Å². The molecule has 0 saturated carbocycles. The summed E-state index contributed by atoms with van der Waals surface area (Å²) in [5.41, 5.74) is 1.03. The second-order valence-electron chi connectivity index (χ2n) is 4.36. The number of rotatable bonds is 5. The smallest absolute Gasteiger partial charge is 0.355 e. The number of carbonyl (C=O) groups excluding carboxylic acids is 3. The van der Waals surface area contributed by atoms with Crippen LogP contribution in [0.1, 0.15) is 38.1 Å². The largest absolute Gasteiger partial charge is 0.453 e. The lowest BCUT2D eigenvalue weighted by Gasteiger charge is -2.03. The van der Waals surface area contributed by atoms with E-state index in [4.69, 9.17) is 4.74 Å². The minimum Gasteiger partial charge on any atom is -0.453 e. The van der Waals surface area contributed by atoms with E-state index < -0.39 is 5.97 Å². The average molecular weight is 397 g/mol. The number of halogens is 1. The van der Waals surface area contributed by atoms with Gasteiger partial charge in [0.1, 0.15) is 5.69 Å². The number of hydrogen-bond acceptors (Lipinski definition) is 4. The molecule has 0 amide bonds. The summed E-state index contributed by atoms with van der Waals surface area (Å²) >= 11 is 2.14. The van der Waals surface area contributed by atoms with E-state index in [0.717, 1.165) is 3.57 Å². The van der Waals surface area contributed by atoms with Crippen LogP contribution in [-0.2, 0) is 4.74 Å². The third-order valence-electron chi connectivity index (χ3n) is 2.81. The summed E-state index contributed by atoms with van der Waals surface area (Å²) in [4.78, 5) is 37.4. The Kier molecular flexibility index (Phi) is 4.89. The van der Waals surface area contributed by atoms with Crippen LogP contribution in [0.25, 0.3) is 0 Å². The van der Waals surface area contributed by atoms with Gasteiger partial charge in [-0.05, 0) is 47.7 Å². The summed E-state index contributed by atoms with van der Waals surface area (Å²) < 4.78 is 5.95. The summed E-state index contributed by atoms with van der Waals surface area (Å²) in [5.74, 6) is -1.10. The molecule has 0 bridgehead atoms. The molecule has 0 aliphatic rings. The van der Waals surface area contributed by atoms with Gasteiger partial charge in [0.2, 0.25) is 0 Å². The van der Waals surface area contributed by atoms with Gasteiger partial charge in [0.05, 0.1) is 0 Å². The molecule has 5 nitrogen and oxygen atoms in total. The molecule has 6 heteroatoms. The minimum absolute atomic E-state index is 0.149. The molecule has 0 saturated heterocycles. The highest BCUT2D eigenvalue weighted by Gasteiger charge is 2.14. The van der Waals surface area contributed by atoms with Crippen molar-refractivity contribution in [2.24, 2.45) is 0 Å². The first-order valence-electron chi connectivity index (χ1n) is 6.12. The Morgan fingerprint density at radius 3 is 2.38 bits per heavy atom. The number of carbonyl (C=O) groups is 3. The number of aromatic nitrogens is 1. The molecule has 2 aromatic rings. The maximum absolute atomic E-state index is 11.9. The van der Waals surface area contributed by atoms with E-state index in [1.54, 1.807) is 24.3 Å². The van der Waals surface area contributed by atoms with Crippen molar-refractivity contribution in [2.75, 3.05) is 6.61 Å². The van der Waals surface area contributed by atoms with Crippen LogP contribution in [-0.4, -0.2) is 29.1 Å². The Labute approximate surface area is 134 Å². The van der Waals surface area contributed by atoms with Gasteiger partial charge >= 0.3 is 5.97 Å². The first-order chi connectivity index (χ1) is 9.97. The van der Waals surface area contributed by atoms with Crippen LogP contribution in [0.3, 0.4) is 0 Å². The van der Waals surface area contributed by atoms with Crippen LogP contribution in [0.4, 0.5) is 0 Å². The molecule has 2 rings (SSSR count). The van der Waals surface area contributed by atoms with E-state index in [-0.39, 0.29) is 23.9 Å². The Morgan fingerprint density at radius 1 is 1.14 bits per heavy atom. The van der Waals surface area contributed by atoms with Crippen LogP contribution < -0.4 is 0 Å². The highest BCUT2D eigenvalue weighted by atomic mass is 127. The van der Waals surface area contributed by atoms with E-state index in [1.807, 2.05) is 0 Å². The van der Waals surface area contributed by atoms with Gasteiger partial charge < -0.3 is 9.72 Å². The number of ether oxygens (including phenoxy) is 1. The molecule has 0 unspecified atom stereocenters. The fraction of sp³-hybridized carbons (Fsp3) is 0.133. The SMILES string of the molecule is CC(=O)c1c[nH]c(C(=O)OCC(=O)c2ccc(I)cc2)c1. The molecule has 0 aliphatic heterocycles. The predicted octanol–water partition coefficient (Wildman–Crippen LogP) is 2.86. The van der Waals surface area contributed by atoms with Gasteiger partial charge in [-0.15, -0.1) is 0 Å². The summed E-state index contributed by atoms with van der Waals surface area (Å²) in [5, 5.41) is 0. The van der Waals surface area contributed by atoms with Crippen molar-refractivity contribution < 1.29 is 19.1 Å². The molecule has 1 heterocycles. The number of aromatic amines is 1. The Morgan fingerprint density at radius 2 is 1.81 bits per heavy atom. The van der Waals surface area contributed by atoms with E-state index in [1.165, 1.54) is 19.2 Å². The van der Waals surface area contributed by atoms with Crippen LogP contribution in [0.2, 0.25) is 0 Å². The van der Waals surface area contributed by atoms with E-state index in [9.17, 15) is 14.4 Å². The molecule has 108 valence electrons. The van der Waals surface area contributed by atoms with Gasteiger partial charge in [0, 0.05) is 20.9 Å². The summed E-state index contributed by atoms with van der Waals surface area (Å²) in [6.07, 6.45) is 1.43. The van der Waals surface area contributed by atoms with Crippen molar-refractivity contribution in [3.8, 4) is 0 Å². The Hall–Kier alpha value is -1.96. The monoisotopic (exact) mass is 397 g/mol. The number of esters is 1. The molecule has 0 fully saturated rings. The van der Waals surface area contributed by atoms with Gasteiger partial charge in [-0.25, -0.2) is 4.79 Å². The molecule has 1 aromatic carbocycles. The van der Waals surface area contributed by atoms with Crippen molar-refractivity contribution >= 4 is 40.1 Å². The molecule has 0 radical (unpaired) electrons. The number of Topliss-reactive ketones (excluding diaryl/α,β-unsaturated/α-hetero) is 2. The normalized spacial score (nSPS) is 10.2. The van der Waals surface area contributed by atoms with Crippen molar-refractivity contribution in [3.05, 3.63) is 56.9 Å². The van der Waals surface area contributed by atoms with Crippen LogP contribution >= 0.6 is 22.6 Å². The fourth-order valence-electron chi connectivity index (χ4n) is 1.64. The molecule has 0 spiro atoms. The summed E-state index contributed by atoms with van der Waals surface area (Å²) in [6.45, 7) is 1.06. The van der Waals surface area contributed by atoms with Gasteiger partial charge in [-0.3, -0.25) is 9.59 Å². The number of hydrogen-bond donors (Lipinski definition) is 1. The van der Waals surface area contributed by atoms with Gasteiger partial charge in [0.25, 0.3) is 0 Å². The number of ketones is 2. The van der Waals surface area contributed by atoms with Crippen molar-refractivity contribution in [2.45, 2.75) is 6.92 Å². The maximum atomic E-state index is 11.9. The van der Waals surface area contributed by atoms with Crippen LogP contribution in [0, 0.1) is 3.57 Å². The third kappa shape index (κ3) is 4.01. The zero-order chi connectivity index (χ0) is 15.4. The second kappa shape index (κ2) is 6.66.